The van der Waals surface area contributed by atoms with E-state index in [0.29, 0.717) is 42.4 Å². The van der Waals surface area contributed by atoms with Crippen molar-refractivity contribution in [1.82, 2.24) is 15.6 Å². The number of halogens is 1. The van der Waals surface area contributed by atoms with Crippen LogP contribution in [-0.4, -0.2) is 59.8 Å². The molecular formula is C27H37ClN4O5. The van der Waals surface area contributed by atoms with E-state index in [0.717, 1.165) is 6.42 Å². The molecule has 0 radical (unpaired) electrons. The third-order valence-electron chi connectivity index (χ3n) is 5.42. The summed E-state index contributed by atoms with van der Waals surface area (Å²) in [4.78, 5) is 38.0. The Morgan fingerprint density at radius 2 is 1.70 bits per heavy atom. The van der Waals surface area contributed by atoms with Crippen LogP contribution in [0.1, 0.15) is 46.5 Å². The average molecular weight is 533 g/mol. The molecule has 0 aromatic heterocycles. The van der Waals surface area contributed by atoms with E-state index in [1.165, 1.54) is 16.9 Å². The van der Waals surface area contributed by atoms with Gasteiger partial charge in [0.15, 0.2) is 5.72 Å². The van der Waals surface area contributed by atoms with E-state index in [4.69, 9.17) is 16.3 Å². The molecule has 2 aromatic carbocycles. The van der Waals surface area contributed by atoms with Gasteiger partial charge in [0.05, 0.1) is 17.3 Å². The molecule has 37 heavy (non-hydrogen) atoms. The van der Waals surface area contributed by atoms with Gasteiger partial charge in [-0.1, -0.05) is 55.8 Å². The lowest BCUT2D eigenvalue weighted by Gasteiger charge is -2.40. The molecular weight excluding hydrogens is 496 g/mol. The normalized spacial score (nSPS) is 12.4. The lowest BCUT2D eigenvalue weighted by atomic mass is 10.2. The third kappa shape index (κ3) is 9.68. The number of hydrogen-bond donors (Lipinski definition) is 3. The van der Waals surface area contributed by atoms with Crippen LogP contribution in [0, 0.1) is 0 Å². The molecule has 2 rings (SSSR count). The van der Waals surface area contributed by atoms with Gasteiger partial charge in [-0.05, 0) is 43.7 Å². The zero-order chi connectivity index (χ0) is 27.3. The van der Waals surface area contributed by atoms with Crippen molar-refractivity contribution >= 4 is 35.0 Å². The van der Waals surface area contributed by atoms with E-state index < -0.39 is 17.5 Å². The second kappa shape index (κ2) is 15.2. The second-order valence-electron chi connectivity index (χ2n) is 8.60. The van der Waals surface area contributed by atoms with Crippen molar-refractivity contribution in [2.75, 3.05) is 31.3 Å². The smallest absolute Gasteiger partial charge is 0.242 e. The van der Waals surface area contributed by atoms with Crippen molar-refractivity contribution in [3.63, 3.8) is 0 Å². The Kier molecular flexibility index (Phi) is 12.4. The van der Waals surface area contributed by atoms with Gasteiger partial charge in [0.1, 0.15) is 12.4 Å². The maximum atomic E-state index is 13.5. The summed E-state index contributed by atoms with van der Waals surface area (Å²) in [6.07, 6.45) is 1.59. The number of hydrazine groups is 1. The zero-order valence-corrected chi connectivity index (χ0v) is 22.5. The summed E-state index contributed by atoms with van der Waals surface area (Å²) in [5.41, 5.74) is -1.23. The number of benzene rings is 2. The number of carbonyl (C=O) groups is 3. The number of para-hydroxylation sites is 2. The van der Waals surface area contributed by atoms with Gasteiger partial charge in [0, 0.05) is 26.3 Å². The lowest BCUT2D eigenvalue weighted by Crippen LogP contribution is -2.62. The number of nitrogens with one attached hydrogen (secondary N) is 2. The number of nitrogens with zero attached hydrogens (tertiary/aromatic N) is 2. The highest BCUT2D eigenvalue weighted by Gasteiger charge is 2.36. The van der Waals surface area contributed by atoms with Crippen molar-refractivity contribution in [3.05, 3.63) is 59.6 Å². The maximum absolute atomic E-state index is 13.5. The first-order chi connectivity index (χ1) is 17.7. The predicted octanol–water partition coefficient (Wildman–Crippen LogP) is 3.51. The van der Waals surface area contributed by atoms with Crippen LogP contribution in [0.25, 0.3) is 0 Å². The average Bonchev–Trinajstić information content (AvgIpc) is 2.86. The first kappa shape index (κ1) is 30.1. The molecule has 2 aromatic rings. The molecule has 1 atom stereocenters. The summed E-state index contributed by atoms with van der Waals surface area (Å²) in [6, 6.07) is 15.6. The zero-order valence-electron chi connectivity index (χ0n) is 21.7. The second-order valence-corrected chi connectivity index (χ2v) is 9.01. The third-order valence-corrected chi connectivity index (χ3v) is 5.73. The van der Waals surface area contributed by atoms with Gasteiger partial charge in [-0.2, -0.15) is 0 Å². The van der Waals surface area contributed by atoms with Crippen LogP contribution in [0.3, 0.4) is 0 Å². The number of likely N-dealkylation sites (N-methyl/N-ethyl adjacent to an activating group) is 1. The van der Waals surface area contributed by atoms with E-state index in [9.17, 15) is 19.5 Å². The Balaban J connectivity index is 2.28. The van der Waals surface area contributed by atoms with E-state index in [-0.39, 0.29) is 25.5 Å². The van der Waals surface area contributed by atoms with Gasteiger partial charge < -0.3 is 15.2 Å². The Labute approximate surface area is 223 Å². The Bertz CT molecular complexity index is 1020. The summed E-state index contributed by atoms with van der Waals surface area (Å²) in [7, 11) is 0. The van der Waals surface area contributed by atoms with Gasteiger partial charge in [0.25, 0.3) is 0 Å². The standard InChI is InChI=1S/C27H37ClN4O5/c1-4-12-25(34)29-18-11-17-26(35)31(32(21(3)33)22-13-7-6-8-14-22)19-27(36,30-5-2)20-37-24-16-10-9-15-23(24)28/h6-10,13-16,30,36H,4-5,11-12,17-20H2,1-3H3,(H,29,34). The monoisotopic (exact) mass is 532 g/mol. The largest absolute Gasteiger partial charge is 0.487 e. The Hall–Kier alpha value is -3.14. The van der Waals surface area contributed by atoms with Crippen molar-refractivity contribution < 1.29 is 24.2 Å². The van der Waals surface area contributed by atoms with Gasteiger partial charge >= 0.3 is 0 Å². The number of ether oxygens (including phenoxy) is 1. The maximum Gasteiger partial charge on any atom is 0.242 e. The van der Waals surface area contributed by atoms with Crippen molar-refractivity contribution in [2.24, 2.45) is 0 Å². The number of aliphatic hydroxyl groups is 1. The SMILES string of the molecule is CCCC(=O)NCCCC(=O)N(CC(O)(COc1ccccc1Cl)NCC)N(C(C)=O)c1ccccc1. The van der Waals surface area contributed by atoms with Crippen LogP contribution in [0.15, 0.2) is 54.6 Å². The predicted molar refractivity (Wildman–Crippen MR) is 144 cm³/mol. The fourth-order valence-electron chi connectivity index (χ4n) is 3.73. The summed E-state index contributed by atoms with van der Waals surface area (Å²) in [6.45, 7) is 5.27. The first-order valence-corrected chi connectivity index (χ1v) is 12.9. The molecule has 0 spiro atoms. The quantitative estimate of drug-likeness (QED) is 0.195. The number of amides is 3. The summed E-state index contributed by atoms with van der Waals surface area (Å²) in [5.74, 6) is -0.480. The summed E-state index contributed by atoms with van der Waals surface area (Å²) in [5, 5.41) is 20.1. The number of carbonyl (C=O) groups excluding carboxylic acids is 3. The van der Waals surface area contributed by atoms with Gasteiger partial charge in [-0.3, -0.25) is 19.7 Å². The molecule has 3 N–H and O–H groups in total. The molecule has 0 saturated heterocycles. The minimum Gasteiger partial charge on any atom is -0.487 e. The topological polar surface area (TPSA) is 111 Å². The summed E-state index contributed by atoms with van der Waals surface area (Å²) < 4.78 is 5.80. The molecule has 9 nitrogen and oxygen atoms in total. The van der Waals surface area contributed by atoms with E-state index in [1.54, 1.807) is 54.6 Å². The molecule has 0 saturated carbocycles. The molecule has 0 aliphatic carbocycles. The minimum absolute atomic E-state index is 0.0522. The molecule has 0 aliphatic rings. The highest BCUT2D eigenvalue weighted by Crippen LogP contribution is 2.25. The number of hydrogen-bond acceptors (Lipinski definition) is 6. The van der Waals surface area contributed by atoms with Crippen molar-refractivity contribution in [3.8, 4) is 5.75 Å². The highest BCUT2D eigenvalue weighted by molar-refractivity contribution is 6.32. The van der Waals surface area contributed by atoms with Crippen LogP contribution in [0.2, 0.25) is 5.02 Å². The van der Waals surface area contributed by atoms with Gasteiger partial charge in [-0.25, -0.2) is 10.0 Å². The fraction of sp³-hybridized carbons (Fsp3) is 0.444. The molecule has 0 bridgehead atoms. The van der Waals surface area contributed by atoms with Crippen LogP contribution in [0.5, 0.6) is 5.75 Å². The van der Waals surface area contributed by atoms with Crippen molar-refractivity contribution in [2.45, 2.75) is 52.2 Å². The molecule has 10 heteroatoms. The first-order valence-electron chi connectivity index (χ1n) is 12.5. The van der Waals surface area contributed by atoms with Crippen molar-refractivity contribution in [1.29, 1.82) is 0 Å². The number of rotatable bonds is 14. The van der Waals surface area contributed by atoms with Gasteiger partial charge in [-0.15, -0.1) is 0 Å². The Morgan fingerprint density at radius 3 is 2.32 bits per heavy atom. The highest BCUT2D eigenvalue weighted by atomic mass is 35.5. The Morgan fingerprint density at radius 1 is 1.03 bits per heavy atom. The molecule has 0 heterocycles. The minimum atomic E-state index is -1.71. The molecule has 202 valence electrons. The molecule has 1 unspecified atom stereocenters. The molecule has 3 amide bonds. The van der Waals surface area contributed by atoms with E-state index in [2.05, 4.69) is 10.6 Å². The molecule has 0 fully saturated rings. The van der Waals surface area contributed by atoms with Gasteiger partial charge in [0.2, 0.25) is 17.7 Å². The van der Waals surface area contributed by atoms with Crippen LogP contribution in [0.4, 0.5) is 5.69 Å². The van der Waals surface area contributed by atoms with Crippen LogP contribution in [-0.2, 0) is 14.4 Å². The molecule has 0 aliphatic heterocycles. The van der Waals surface area contributed by atoms with Crippen LogP contribution >= 0.6 is 11.6 Å². The summed E-state index contributed by atoms with van der Waals surface area (Å²) >= 11 is 6.20. The van der Waals surface area contributed by atoms with Crippen LogP contribution < -0.4 is 20.4 Å². The van der Waals surface area contributed by atoms with E-state index in [1.807, 2.05) is 13.8 Å². The van der Waals surface area contributed by atoms with E-state index >= 15 is 0 Å². The lowest BCUT2D eigenvalue weighted by molar-refractivity contribution is -0.143. The number of anilines is 1. The fourth-order valence-corrected chi connectivity index (χ4v) is 3.92.